The predicted molar refractivity (Wildman–Crippen MR) is 155 cm³/mol. The van der Waals surface area contributed by atoms with Crippen molar-refractivity contribution in [2.75, 3.05) is 0 Å². The van der Waals surface area contributed by atoms with Gasteiger partial charge in [0.05, 0.1) is 22.1 Å². The molecule has 5 aromatic heterocycles. The van der Waals surface area contributed by atoms with Crippen molar-refractivity contribution in [2.24, 2.45) is 0 Å². The molecule has 0 bridgehead atoms. The maximum Gasteiger partial charge on any atom is 0.145 e. The molecule has 0 aliphatic carbocycles. The topological polar surface area (TPSA) is 35.1 Å². The molecule has 0 aliphatic heterocycles. The Morgan fingerprint density at radius 2 is 1.49 bits per heavy atom. The monoisotopic (exact) mass is 490 g/mol. The molecule has 5 heteroatoms. The van der Waals surface area contributed by atoms with Crippen LogP contribution >= 0.6 is 11.3 Å². The highest BCUT2D eigenvalue weighted by Gasteiger charge is 2.20. The highest BCUT2D eigenvalue weighted by Crippen LogP contribution is 2.44. The number of imidazole rings is 1. The van der Waals surface area contributed by atoms with Crippen LogP contribution in [-0.2, 0) is 0 Å². The van der Waals surface area contributed by atoms with Crippen molar-refractivity contribution in [1.29, 1.82) is 0 Å². The molecule has 0 saturated heterocycles. The fraction of sp³-hybridized carbons (Fsp3) is 0. The van der Waals surface area contributed by atoms with Gasteiger partial charge in [0.25, 0.3) is 0 Å². The Balaban J connectivity index is 1.60. The third kappa shape index (κ3) is 2.46. The fourth-order valence-electron chi connectivity index (χ4n) is 6.08. The number of para-hydroxylation sites is 1. The highest BCUT2D eigenvalue weighted by molar-refractivity contribution is 7.26. The third-order valence-corrected chi connectivity index (χ3v) is 8.74. The number of nitrogens with zero attached hydrogens (tertiary/aromatic N) is 4. The summed E-state index contributed by atoms with van der Waals surface area (Å²) < 4.78 is 7.21. The van der Waals surface area contributed by atoms with E-state index in [-0.39, 0.29) is 0 Å². The first-order chi connectivity index (χ1) is 18.4. The van der Waals surface area contributed by atoms with Crippen molar-refractivity contribution in [3.63, 3.8) is 0 Å². The minimum absolute atomic E-state index is 0.952. The van der Waals surface area contributed by atoms with E-state index in [4.69, 9.17) is 9.97 Å². The summed E-state index contributed by atoms with van der Waals surface area (Å²) in [4.78, 5) is 9.59. The fourth-order valence-corrected chi connectivity index (χ4v) is 7.19. The zero-order valence-electron chi connectivity index (χ0n) is 19.6. The molecule has 0 N–H and O–H groups in total. The zero-order valence-corrected chi connectivity index (χ0v) is 20.4. The smallest absolute Gasteiger partial charge is 0.145 e. The van der Waals surface area contributed by atoms with Crippen LogP contribution in [-0.4, -0.2) is 18.9 Å². The van der Waals surface area contributed by atoms with E-state index in [1.165, 1.54) is 42.0 Å². The molecule has 0 radical (unpaired) electrons. The molecule has 0 fully saturated rings. The third-order valence-electron chi connectivity index (χ3n) is 7.60. The molecule has 4 aromatic carbocycles. The standard InChI is InChI=1S/C32H18N4S/c1-2-7-19(8-3-1)36-26-18-24-23(30-25(10-6-14-33-30)35-16-15-34-32(24)35)17-22(26)20-12-13-28-29(31(20)36)21-9-4-5-11-27(21)37-28/h1-18H. The van der Waals surface area contributed by atoms with E-state index in [1.54, 1.807) is 0 Å². The number of thiophene rings is 1. The van der Waals surface area contributed by atoms with Crippen molar-refractivity contribution in [2.45, 2.75) is 0 Å². The number of fused-ring (bicyclic) bond motifs is 13. The quantitative estimate of drug-likeness (QED) is 0.216. The second-order valence-electron chi connectivity index (χ2n) is 9.51. The molecule has 4 nitrogen and oxygen atoms in total. The van der Waals surface area contributed by atoms with Crippen LogP contribution in [0.4, 0.5) is 0 Å². The Kier molecular flexibility index (Phi) is 3.64. The molecule has 0 atom stereocenters. The molecule has 0 saturated carbocycles. The van der Waals surface area contributed by atoms with Gasteiger partial charge in [0.1, 0.15) is 5.65 Å². The van der Waals surface area contributed by atoms with E-state index >= 15 is 0 Å². The Bertz CT molecular complexity index is 2360. The first-order valence-corrected chi connectivity index (χ1v) is 13.2. The van der Waals surface area contributed by atoms with Crippen LogP contribution < -0.4 is 0 Å². The molecule has 5 heterocycles. The molecule has 0 spiro atoms. The van der Waals surface area contributed by atoms with Gasteiger partial charge in [-0.15, -0.1) is 11.3 Å². The van der Waals surface area contributed by atoms with Crippen LogP contribution in [0.1, 0.15) is 0 Å². The SMILES string of the molecule is c1ccc(-n2c3cc4c(cc3c3ccc5sc6ccccc6c5c32)c2ncccc2n2ccnc42)cc1. The second kappa shape index (κ2) is 6.93. The molecule has 0 aliphatic rings. The summed E-state index contributed by atoms with van der Waals surface area (Å²) >= 11 is 1.86. The molecule has 37 heavy (non-hydrogen) atoms. The van der Waals surface area contributed by atoms with Crippen LogP contribution in [0, 0.1) is 0 Å². The van der Waals surface area contributed by atoms with Crippen LogP contribution in [0.25, 0.3) is 75.1 Å². The van der Waals surface area contributed by atoms with Gasteiger partial charge in [0, 0.05) is 66.0 Å². The van der Waals surface area contributed by atoms with Crippen molar-refractivity contribution < 1.29 is 0 Å². The van der Waals surface area contributed by atoms with Crippen LogP contribution in [0.3, 0.4) is 0 Å². The van der Waals surface area contributed by atoms with E-state index in [0.717, 1.165) is 33.1 Å². The number of pyridine rings is 2. The average Bonchev–Trinajstić information content (AvgIpc) is 3.66. The lowest BCUT2D eigenvalue weighted by molar-refractivity contribution is 1.19. The zero-order chi connectivity index (χ0) is 24.1. The molecular formula is C32H18N4S. The molecule has 0 amide bonds. The lowest BCUT2D eigenvalue weighted by Crippen LogP contribution is -1.95. The van der Waals surface area contributed by atoms with Gasteiger partial charge >= 0.3 is 0 Å². The molecule has 0 unspecified atom stereocenters. The van der Waals surface area contributed by atoms with Crippen LogP contribution in [0.5, 0.6) is 0 Å². The van der Waals surface area contributed by atoms with Gasteiger partial charge in [-0.2, -0.15) is 0 Å². The summed E-state index contributed by atoms with van der Waals surface area (Å²) in [5.41, 5.74) is 6.60. The number of hydrogen-bond acceptors (Lipinski definition) is 3. The van der Waals surface area contributed by atoms with Crippen molar-refractivity contribution in [1.82, 2.24) is 18.9 Å². The van der Waals surface area contributed by atoms with E-state index in [9.17, 15) is 0 Å². The number of hydrogen-bond donors (Lipinski definition) is 0. The van der Waals surface area contributed by atoms with Crippen molar-refractivity contribution >= 4 is 80.8 Å². The average molecular weight is 491 g/mol. The lowest BCUT2D eigenvalue weighted by atomic mass is 10.0. The first kappa shape index (κ1) is 19.4. The van der Waals surface area contributed by atoms with Crippen LogP contribution in [0.2, 0.25) is 0 Å². The molecule has 9 aromatic rings. The largest absolute Gasteiger partial charge is 0.309 e. The summed E-state index contributed by atoms with van der Waals surface area (Å²) in [6, 6.07) is 32.8. The van der Waals surface area contributed by atoms with Crippen LogP contribution in [0.15, 0.2) is 110 Å². The molecular weight excluding hydrogens is 472 g/mol. The number of aromatic nitrogens is 4. The lowest BCUT2D eigenvalue weighted by Gasteiger charge is -2.11. The predicted octanol–water partition coefficient (Wildman–Crippen LogP) is 8.50. The Labute approximate surface area is 214 Å². The Morgan fingerprint density at radius 3 is 2.43 bits per heavy atom. The second-order valence-corrected chi connectivity index (χ2v) is 10.6. The van der Waals surface area contributed by atoms with Gasteiger partial charge in [-0.05, 0) is 48.5 Å². The Hall–Kier alpha value is -4.74. The summed E-state index contributed by atoms with van der Waals surface area (Å²) in [5, 5.41) is 7.34. The number of rotatable bonds is 1. The van der Waals surface area contributed by atoms with Crippen molar-refractivity contribution in [3.8, 4) is 5.69 Å². The van der Waals surface area contributed by atoms with Crippen molar-refractivity contribution in [3.05, 3.63) is 110 Å². The summed E-state index contributed by atoms with van der Waals surface area (Å²) in [5.74, 6) is 0. The van der Waals surface area contributed by atoms with Gasteiger partial charge < -0.3 is 4.57 Å². The minimum Gasteiger partial charge on any atom is -0.309 e. The Morgan fingerprint density at radius 1 is 0.595 bits per heavy atom. The molecule has 172 valence electrons. The first-order valence-electron chi connectivity index (χ1n) is 12.3. The van der Waals surface area contributed by atoms with E-state index < -0.39 is 0 Å². The summed E-state index contributed by atoms with van der Waals surface area (Å²) in [7, 11) is 0. The highest BCUT2D eigenvalue weighted by atomic mass is 32.1. The minimum atomic E-state index is 0.952. The summed E-state index contributed by atoms with van der Waals surface area (Å²) in [6.45, 7) is 0. The molecule has 9 rings (SSSR count). The maximum absolute atomic E-state index is 4.82. The normalized spacial score (nSPS) is 12.3. The van der Waals surface area contributed by atoms with E-state index in [1.807, 2.05) is 36.0 Å². The van der Waals surface area contributed by atoms with Gasteiger partial charge in [-0.3, -0.25) is 9.38 Å². The van der Waals surface area contributed by atoms with Gasteiger partial charge in [-0.1, -0.05) is 42.5 Å². The van der Waals surface area contributed by atoms with Gasteiger partial charge in [0.2, 0.25) is 0 Å². The van der Waals surface area contributed by atoms with E-state index in [0.29, 0.717) is 0 Å². The van der Waals surface area contributed by atoms with Gasteiger partial charge in [0.15, 0.2) is 0 Å². The van der Waals surface area contributed by atoms with E-state index in [2.05, 4.69) is 93.9 Å². The maximum atomic E-state index is 4.82. The summed E-state index contributed by atoms with van der Waals surface area (Å²) in [6.07, 6.45) is 5.78. The van der Waals surface area contributed by atoms with Gasteiger partial charge in [-0.25, -0.2) is 4.98 Å². The number of benzene rings is 4.